The molecule has 0 saturated carbocycles. The summed E-state index contributed by atoms with van der Waals surface area (Å²) < 4.78 is 11.2. The van der Waals surface area contributed by atoms with E-state index in [1.807, 2.05) is 13.1 Å². The van der Waals surface area contributed by atoms with E-state index in [0.29, 0.717) is 0 Å². The standard InChI is InChI=1S/C21H35N3O2/c1-4-5-13-26-20-8-6-7-19(16-20)17-23-21(22-2)24(3)12-9-18-10-14-25-15-11-18/h6-8,16,18H,4-5,9-15,17H2,1-3H3,(H,22,23). The molecule has 1 aliphatic heterocycles. The molecule has 26 heavy (non-hydrogen) atoms. The van der Waals surface area contributed by atoms with Gasteiger partial charge in [0.05, 0.1) is 6.61 Å². The molecule has 0 spiro atoms. The third kappa shape index (κ3) is 7.24. The lowest BCUT2D eigenvalue weighted by molar-refractivity contribution is 0.0625. The molecule has 1 aliphatic rings. The largest absolute Gasteiger partial charge is 0.494 e. The van der Waals surface area contributed by atoms with E-state index >= 15 is 0 Å². The van der Waals surface area contributed by atoms with Crippen LogP contribution in [-0.2, 0) is 11.3 Å². The summed E-state index contributed by atoms with van der Waals surface area (Å²) in [4.78, 5) is 6.64. The maximum absolute atomic E-state index is 5.79. The first-order valence-electron chi connectivity index (χ1n) is 9.94. The van der Waals surface area contributed by atoms with Gasteiger partial charge in [-0.3, -0.25) is 4.99 Å². The Morgan fingerprint density at radius 3 is 2.88 bits per heavy atom. The van der Waals surface area contributed by atoms with Gasteiger partial charge in [-0.2, -0.15) is 0 Å². The highest BCUT2D eigenvalue weighted by atomic mass is 16.5. The number of guanidine groups is 1. The van der Waals surface area contributed by atoms with Gasteiger partial charge in [-0.05, 0) is 49.3 Å². The lowest BCUT2D eigenvalue weighted by Gasteiger charge is -2.26. The Balaban J connectivity index is 1.77. The summed E-state index contributed by atoms with van der Waals surface area (Å²) >= 11 is 0. The van der Waals surface area contributed by atoms with Crippen molar-refractivity contribution in [3.05, 3.63) is 29.8 Å². The van der Waals surface area contributed by atoms with E-state index in [9.17, 15) is 0 Å². The van der Waals surface area contributed by atoms with Crippen LogP contribution in [0.5, 0.6) is 5.75 Å². The summed E-state index contributed by atoms with van der Waals surface area (Å²) in [5.74, 6) is 2.66. The van der Waals surface area contributed by atoms with Gasteiger partial charge in [0.1, 0.15) is 5.75 Å². The fourth-order valence-electron chi connectivity index (χ4n) is 3.16. The van der Waals surface area contributed by atoms with Crippen molar-refractivity contribution in [2.45, 2.75) is 45.6 Å². The normalized spacial score (nSPS) is 15.7. The van der Waals surface area contributed by atoms with Crippen LogP contribution in [0, 0.1) is 5.92 Å². The molecule has 1 heterocycles. The first-order chi connectivity index (χ1) is 12.7. The van der Waals surface area contributed by atoms with Crippen molar-refractivity contribution in [3.8, 4) is 5.75 Å². The maximum atomic E-state index is 5.79. The van der Waals surface area contributed by atoms with Crippen molar-refractivity contribution >= 4 is 5.96 Å². The second-order valence-electron chi connectivity index (χ2n) is 7.02. The number of unbranched alkanes of at least 4 members (excludes halogenated alkanes) is 1. The Hall–Kier alpha value is -1.75. The van der Waals surface area contributed by atoms with E-state index in [1.54, 1.807) is 0 Å². The minimum absolute atomic E-state index is 0.749. The number of hydrogen-bond donors (Lipinski definition) is 1. The number of rotatable bonds is 9. The molecule has 0 radical (unpaired) electrons. The number of ether oxygens (including phenoxy) is 2. The molecule has 0 atom stereocenters. The summed E-state index contributed by atoms with van der Waals surface area (Å²) in [7, 11) is 3.95. The maximum Gasteiger partial charge on any atom is 0.193 e. The van der Waals surface area contributed by atoms with Crippen LogP contribution in [0.2, 0.25) is 0 Å². The predicted octanol–water partition coefficient (Wildman–Crippen LogP) is 3.69. The molecule has 0 aromatic heterocycles. The summed E-state index contributed by atoms with van der Waals surface area (Å²) in [6, 6.07) is 8.30. The van der Waals surface area contributed by atoms with E-state index in [2.05, 4.69) is 47.4 Å². The summed E-state index contributed by atoms with van der Waals surface area (Å²) in [6.45, 7) is 6.55. The Kier molecular flexibility index (Phi) is 9.32. The topological polar surface area (TPSA) is 46.1 Å². The minimum Gasteiger partial charge on any atom is -0.494 e. The second-order valence-corrected chi connectivity index (χ2v) is 7.02. The van der Waals surface area contributed by atoms with Crippen molar-refractivity contribution in [2.75, 3.05) is 40.5 Å². The molecule has 1 saturated heterocycles. The zero-order valence-electron chi connectivity index (χ0n) is 16.7. The molecule has 0 aliphatic carbocycles. The summed E-state index contributed by atoms with van der Waals surface area (Å²) in [5, 5.41) is 3.46. The number of nitrogens with zero attached hydrogens (tertiary/aromatic N) is 2. The fraction of sp³-hybridized carbons (Fsp3) is 0.667. The van der Waals surface area contributed by atoms with Crippen LogP contribution in [-0.4, -0.2) is 51.3 Å². The second kappa shape index (κ2) is 11.8. The van der Waals surface area contributed by atoms with Crippen molar-refractivity contribution in [1.82, 2.24) is 10.2 Å². The highest BCUT2D eigenvalue weighted by Crippen LogP contribution is 2.18. The first-order valence-corrected chi connectivity index (χ1v) is 9.94. The average molecular weight is 362 g/mol. The van der Waals surface area contributed by atoms with Crippen LogP contribution in [0.4, 0.5) is 0 Å². The molecule has 5 heteroatoms. The van der Waals surface area contributed by atoms with Crippen molar-refractivity contribution in [2.24, 2.45) is 10.9 Å². The van der Waals surface area contributed by atoms with Crippen molar-refractivity contribution < 1.29 is 9.47 Å². The number of hydrogen-bond acceptors (Lipinski definition) is 3. The fourth-order valence-corrected chi connectivity index (χ4v) is 3.16. The van der Waals surface area contributed by atoms with Gasteiger partial charge in [0, 0.05) is 40.4 Å². The monoisotopic (exact) mass is 361 g/mol. The third-order valence-corrected chi connectivity index (χ3v) is 4.90. The highest BCUT2D eigenvalue weighted by Gasteiger charge is 2.15. The SMILES string of the molecule is CCCCOc1cccc(CNC(=NC)N(C)CCC2CCOCC2)c1. The van der Waals surface area contributed by atoms with Gasteiger partial charge in [0.15, 0.2) is 5.96 Å². The van der Waals surface area contributed by atoms with E-state index < -0.39 is 0 Å². The molecule has 0 unspecified atom stereocenters. The van der Waals surface area contributed by atoms with Crippen molar-refractivity contribution in [3.63, 3.8) is 0 Å². The van der Waals surface area contributed by atoms with Gasteiger partial charge in [-0.1, -0.05) is 25.5 Å². The van der Waals surface area contributed by atoms with Crippen LogP contribution >= 0.6 is 0 Å². The predicted molar refractivity (Wildman–Crippen MR) is 108 cm³/mol. The van der Waals surface area contributed by atoms with Gasteiger partial charge < -0.3 is 19.7 Å². The highest BCUT2D eigenvalue weighted by molar-refractivity contribution is 5.79. The first kappa shape index (κ1) is 20.6. The number of benzene rings is 1. The van der Waals surface area contributed by atoms with Crippen LogP contribution in [0.25, 0.3) is 0 Å². The summed E-state index contributed by atoms with van der Waals surface area (Å²) in [6.07, 6.45) is 5.81. The zero-order valence-corrected chi connectivity index (χ0v) is 16.7. The Bertz CT molecular complexity index is 542. The van der Waals surface area contributed by atoms with Gasteiger partial charge >= 0.3 is 0 Å². The molecule has 2 rings (SSSR count). The molecule has 1 fully saturated rings. The van der Waals surface area contributed by atoms with Gasteiger partial charge in [0.25, 0.3) is 0 Å². The van der Waals surface area contributed by atoms with Crippen LogP contribution in [0.1, 0.15) is 44.6 Å². The Morgan fingerprint density at radius 1 is 1.35 bits per heavy atom. The van der Waals surface area contributed by atoms with E-state index in [0.717, 1.165) is 63.4 Å². The average Bonchev–Trinajstić information content (AvgIpc) is 2.68. The van der Waals surface area contributed by atoms with Gasteiger partial charge in [-0.15, -0.1) is 0 Å². The Labute approximate surface area is 158 Å². The molecule has 0 bridgehead atoms. The van der Waals surface area contributed by atoms with Crippen LogP contribution < -0.4 is 10.1 Å². The molecular formula is C21H35N3O2. The van der Waals surface area contributed by atoms with E-state index in [4.69, 9.17) is 9.47 Å². The summed E-state index contributed by atoms with van der Waals surface area (Å²) in [5.41, 5.74) is 1.21. The molecule has 1 aromatic rings. The van der Waals surface area contributed by atoms with Crippen molar-refractivity contribution in [1.29, 1.82) is 0 Å². The van der Waals surface area contributed by atoms with E-state index in [-0.39, 0.29) is 0 Å². The van der Waals surface area contributed by atoms with E-state index in [1.165, 1.54) is 24.8 Å². The number of aliphatic imine (C=N–C) groups is 1. The molecule has 146 valence electrons. The smallest absolute Gasteiger partial charge is 0.193 e. The van der Waals surface area contributed by atoms with Crippen LogP contribution in [0.3, 0.4) is 0 Å². The third-order valence-electron chi connectivity index (χ3n) is 4.90. The van der Waals surface area contributed by atoms with Gasteiger partial charge in [-0.25, -0.2) is 0 Å². The molecule has 5 nitrogen and oxygen atoms in total. The zero-order chi connectivity index (χ0) is 18.6. The minimum atomic E-state index is 0.749. The number of nitrogens with one attached hydrogen (secondary N) is 1. The molecule has 1 N–H and O–H groups in total. The quantitative estimate of drug-likeness (QED) is 0.414. The molecule has 0 amide bonds. The lowest BCUT2D eigenvalue weighted by atomic mass is 9.96. The molecular weight excluding hydrogens is 326 g/mol. The van der Waals surface area contributed by atoms with Gasteiger partial charge in [0.2, 0.25) is 0 Å². The lowest BCUT2D eigenvalue weighted by Crippen LogP contribution is -2.39. The molecule has 1 aromatic carbocycles. The van der Waals surface area contributed by atoms with Crippen LogP contribution in [0.15, 0.2) is 29.3 Å². The Morgan fingerprint density at radius 2 is 2.15 bits per heavy atom.